The van der Waals surface area contributed by atoms with Crippen LogP contribution in [0.25, 0.3) is 0 Å². The first-order valence-corrected chi connectivity index (χ1v) is 3.77. The lowest BCUT2D eigenvalue weighted by molar-refractivity contribution is -0.428. The maximum absolute atomic E-state index is 11.1. The minimum atomic E-state index is -1.57. The molecule has 0 saturated carbocycles. The highest BCUT2D eigenvalue weighted by Crippen LogP contribution is 2.30. The monoisotopic (exact) mass is 174 g/mol. The Hall–Kier alpha value is -0.650. The molecule has 3 fully saturated rings. The molecule has 2 bridgehead atoms. The minimum Gasteiger partial charge on any atom is -0.463 e. The van der Waals surface area contributed by atoms with Gasteiger partial charge in [0.1, 0.15) is 0 Å². The summed E-state index contributed by atoms with van der Waals surface area (Å²) >= 11 is 0. The molecule has 3 rings (SSSR count). The van der Waals surface area contributed by atoms with Gasteiger partial charge in [0, 0.05) is 5.92 Å². The van der Waals surface area contributed by atoms with Gasteiger partial charge in [-0.1, -0.05) is 0 Å². The minimum absolute atomic E-state index is 0.247. The normalized spacial score (nSPS) is 39.6. The van der Waals surface area contributed by atoms with E-state index in [1.54, 1.807) is 0 Å². The summed E-state index contributed by atoms with van der Waals surface area (Å²) in [6.07, 6.45) is 0. The van der Waals surface area contributed by atoms with E-state index in [0.717, 1.165) is 0 Å². The van der Waals surface area contributed by atoms with Crippen molar-refractivity contribution in [2.75, 3.05) is 26.9 Å². The zero-order valence-corrected chi connectivity index (χ0v) is 6.74. The number of rotatable bonds is 1. The summed E-state index contributed by atoms with van der Waals surface area (Å²) in [5, 5.41) is 0. The second kappa shape index (κ2) is 2.69. The predicted molar refractivity (Wildman–Crippen MR) is 36.1 cm³/mol. The SMILES string of the molecule is COC(=O)C12OCC(CO1)CO2. The van der Waals surface area contributed by atoms with Crippen LogP contribution in [0.15, 0.2) is 0 Å². The summed E-state index contributed by atoms with van der Waals surface area (Å²) in [4.78, 5) is 11.1. The van der Waals surface area contributed by atoms with Crippen LogP contribution in [0.1, 0.15) is 0 Å². The molecule has 0 aromatic rings. The highest BCUT2D eigenvalue weighted by molar-refractivity contribution is 5.76. The largest absolute Gasteiger partial charge is 0.463 e. The number of carbonyl (C=O) groups excluding carboxylic acids is 1. The second-order valence-corrected chi connectivity index (χ2v) is 2.85. The van der Waals surface area contributed by atoms with Crippen LogP contribution in [-0.4, -0.2) is 38.9 Å². The number of carbonyl (C=O) groups is 1. The average molecular weight is 174 g/mol. The third-order valence-electron chi connectivity index (χ3n) is 1.96. The Kier molecular flexibility index (Phi) is 1.79. The molecule has 0 aliphatic carbocycles. The number of hydrogen-bond acceptors (Lipinski definition) is 5. The molecule has 0 unspecified atom stereocenters. The van der Waals surface area contributed by atoms with Gasteiger partial charge in [-0.3, -0.25) is 0 Å². The van der Waals surface area contributed by atoms with Crippen molar-refractivity contribution in [1.82, 2.24) is 0 Å². The first-order chi connectivity index (χ1) is 5.77. The number of methoxy groups -OCH3 is 1. The molecule has 0 atom stereocenters. The molecule has 3 heterocycles. The molecule has 3 saturated heterocycles. The Morgan fingerprint density at radius 1 is 1.33 bits per heavy atom. The molecule has 3 aliphatic heterocycles. The van der Waals surface area contributed by atoms with Crippen LogP contribution in [0, 0.1) is 5.92 Å². The topological polar surface area (TPSA) is 54.0 Å². The van der Waals surface area contributed by atoms with Gasteiger partial charge in [-0.05, 0) is 0 Å². The Bertz CT molecular complexity index is 180. The summed E-state index contributed by atoms with van der Waals surface area (Å²) in [5.41, 5.74) is 0. The van der Waals surface area contributed by atoms with Gasteiger partial charge in [0.05, 0.1) is 26.9 Å². The second-order valence-electron chi connectivity index (χ2n) is 2.85. The van der Waals surface area contributed by atoms with E-state index < -0.39 is 11.9 Å². The molecule has 5 heteroatoms. The molecule has 0 radical (unpaired) electrons. The Morgan fingerprint density at radius 3 is 2.25 bits per heavy atom. The molecule has 0 N–H and O–H groups in total. The van der Waals surface area contributed by atoms with Crippen LogP contribution in [0.4, 0.5) is 0 Å². The maximum atomic E-state index is 11.1. The third-order valence-corrected chi connectivity index (χ3v) is 1.96. The Morgan fingerprint density at radius 2 is 1.83 bits per heavy atom. The summed E-state index contributed by atoms with van der Waals surface area (Å²) in [7, 11) is 1.27. The average Bonchev–Trinajstić information content (AvgIpc) is 2.19. The fourth-order valence-corrected chi connectivity index (χ4v) is 1.25. The molecule has 0 spiro atoms. The van der Waals surface area contributed by atoms with Crippen molar-refractivity contribution in [3.63, 3.8) is 0 Å². The molecule has 3 aliphatic rings. The Labute approximate surface area is 69.5 Å². The highest BCUT2D eigenvalue weighted by atomic mass is 16.9. The van der Waals surface area contributed by atoms with Gasteiger partial charge in [-0.15, -0.1) is 0 Å². The highest BCUT2D eigenvalue weighted by Gasteiger charge is 2.52. The summed E-state index contributed by atoms with van der Waals surface area (Å²) < 4.78 is 19.8. The van der Waals surface area contributed by atoms with E-state index >= 15 is 0 Å². The Balaban J connectivity index is 2.13. The van der Waals surface area contributed by atoms with Crippen LogP contribution in [0.3, 0.4) is 0 Å². The number of fused-ring (bicyclic) bond motifs is 3. The zero-order valence-electron chi connectivity index (χ0n) is 6.74. The number of esters is 1. The van der Waals surface area contributed by atoms with E-state index in [4.69, 9.17) is 14.2 Å². The molecular weight excluding hydrogens is 164 g/mol. The van der Waals surface area contributed by atoms with Gasteiger partial charge < -0.3 is 18.9 Å². The quantitative estimate of drug-likeness (QED) is 0.502. The van der Waals surface area contributed by atoms with E-state index in [-0.39, 0.29) is 5.92 Å². The number of ether oxygens (including phenoxy) is 4. The van der Waals surface area contributed by atoms with Crippen molar-refractivity contribution < 1.29 is 23.7 Å². The fraction of sp³-hybridized carbons (Fsp3) is 0.857. The van der Waals surface area contributed by atoms with Gasteiger partial charge >= 0.3 is 11.9 Å². The lowest BCUT2D eigenvalue weighted by Gasteiger charge is -2.42. The van der Waals surface area contributed by atoms with Gasteiger partial charge in [-0.2, -0.15) is 0 Å². The molecule has 0 aromatic carbocycles. The van der Waals surface area contributed by atoms with Gasteiger partial charge in [0.15, 0.2) is 0 Å². The molecule has 0 amide bonds. The smallest absolute Gasteiger partial charge is 0.397 e. The third kappa shape index (κ3) is 1.01. The molecule has 12 heavy (non-hydrogen) atoms. The summed E-state index contributed by atoms with van der Waals surface area (Å²) in [6.45, 7) is 1.49. The van der Waals surface area contributed by atoms with Crippen molar-refractivity contribution in [2.45, 2.75) is 5.97 Å². The zero-order chi connectivity index (χ0) is 8.60. The van der Waals surface area contributed by atoms with Crippen LogP contribution < -0.4 is 0 Å². The first-order valence-electron chi connectivity index (χ1n) is 3.77. The van der Waals surface area contributed by atoms with E-state index in [9.17, 15) is 4.79 Å². The van der Waals surface area contributed by atoms with E-state index in [0.29, 0.717) is 19.8 Å². The molecule has 5 nitrogen and oxygen atoms in total. The summed E-state index contributed by atoms with van der Waals surface area (Å²) in [6, 6.07) is 0. The molecular formula is C7H10O5. The van der Waals surface area contributed by atoms with E-state index in [2.05, 4.69) is 4.74 Å². The van der Waals surface area contributed by atoms with Gasteiger partial charge in [0.2, 0.25) is 0 Å². The van der Waals surface area contributed by atoms with Crippen molar-refractivity contribution in [2.24, 2.45) is 5.92 Å². The van der Waals surface area contributed by atoms with Crippen LogP contribution in [0.5, 0.6) is 0 Å². The van der Waals surface area contributed by atoms with Crippen molar-refractivity contribution >= 4 is 5.97 Å². The van der Waals surface area contributed by atoms with Gasteiger partial charge in [0.25, 0.3) is 0 Å². The molecule has 0 aromatic heterocycles. The van der Waals surface area contributed by atoms with Crippen molar-refractivity contribution in [1.29, 1.82) is 0 Å². The standard InChI is InChI=1S/C7H10O5/c1-9-6(8)7-10-2-5(3-11-7)4-12-7/h5H,2-4H2,1H3. The lowest BCUT2D eigenvalue weighted by atomic mass is 10.1. The van der Waals surface area contributed by atoms with Crippen LogP contribution >= 0.6 is 0 Å². The van der Waals surface area contributed by atoms with Crippen molar-refractivity contribution in [3.8, 4) is 0 Å². The predicted octanol–water partition coefficient (Wildman–Crippen LogP) is -0.494. The number of hydrogen-bond donors (Lipinski definition) is 0. The van der Waals surface area contributed by atoms with E-state index in [1.807, 2.05) is 0 Å². The van der Waals surface area contributed by atoms with Crippen LogP contribution in [-0.2, 0) is 23.7 Å². The van der Waals surface area contributed by atoms with E-state index in [1.165, 1.54) is 7.11 Å². The lowest BCUT2D eigenvalue weighted by Crippen LogP contribution is -2.58. The first kappa shape index (κ1) is 7.97. The van der Waals surface area contributed by atoms with Crippen LogP contribution in [0.2, 0.25) is 0 Å². The van der Waals surface area contributed by atoms with Crippen molar-refractivity contribution in [3.05, 3.63) is 0 Å². The summed E-state index contributed by atoms with van der Waals surface area (Å²) in [5.74, 6) is -1.94. The van der Waals surface area contributed by atoms with Gasteiger partial charge in [-0.25, -0.2) is 4.79 Å². The fourth-order valence-electron chi connectivity index (χ4n) is 1.25. The molecule has 68 valence electrons. The maximum Gasteiger partial charge on any atom is 0.397 e.